The predicted octanol–water partition coefficient (Wildman–Crippen LogP) is 2.09. The normalized spacial score (nSPS) is 15.8. The molecule has 28 heavy (non-hydrogen) atoms. The predicted molar refractivity (Wildman–Crippen MR) is 110 cm³/mol. The third-order valence-corrected chi connectivity index (χ3v) is 5.66. The molecule has 0 aliphatic carbocycles. The van der Waals surface area contributed by atoms with Crippen molar-refractivity contribution in [2.75, 3.05) is 24.7 Å². The van der Waals surface area contributed by atoms with E-state index in [0.717, 1.165) is 18.7 Å². The van der Waals surface area contributed by atoms with Gasteiger partial charge in [-0.3, -0.25) is 14.4 Å². The topological polar surface area (TPSA) is 92.8 Å². The van der Waals surface area contributed by atoms with Gasteiger partial charge in [0.1, 0.15) is 5.78 Å². The third kappa shape index (κ3) is 9.39. The van der Waals surface area contributed by atoms with Crippen molar-refractivity contribution in [2.45, 2.75) is 64.5 Å². The smallest absolute Gasteiger partial charge is 0.333 e. The van der Waals surface area contributed by atoms with Crippen molar-refractivity contribution < 1.29 is 23.9 Å². The number of hydrogen-bond acceptors (Lipinski definition) is 6. The molecule has 1 rings (SSSR count). The number of thioether (sulfide) groups is 1. The van der Waals surface area contributed by atoms with Crippen LogP contribution in [0.25, 0.3) is 0 Å². The van der Waals surface area contributed by atoms with E-state index in [-0.39, 0.29) is 30.4 Å². The van der Waals surface area contributed by atoms with Crippen LogP contribution in [0.1, 0.15) is 52.4 Å². The fourth-order valence-electron chi connectivity index (χ4n) is 3.02. The quantitative estimate of drug-likeness (QED) is 0.192. The van der Waals surface area contributed by atoms with Crippen molar-refractivity contribution in [1.82, 2.24) is 10.2 Å². The molecule has 7 nitrogen and oxygen atoms in total. The van der Waals surface area contributed by atoms with E-state index in [1.165, 1.54) is 0 Å². The minimum Gasteiger partial charge on any atom is -0.462 e. The number of ketones is 1. The van der Waals surface area contributed by atoms with Gasteiger partial charge >= 0.3 is 5.97 Å². The first-order valence-electron chi connectivity index (χ1n) is 9.76. The SMILES string of the molecule is C=C(C)C(=O)OCCCC(=O)CCSCC(CC(C)NC=O)N1CCCC1=O. The number of carbonyl (C=O) groups excluding carboxylic acids is 4. The molecule has 2 unspecified atom stereocenters. The molecule has 1 fully saturated rings. The molecule has 0 aromatic carbocycles. The summed E-state index contributed by atoms with van der Waals surface area (Å²) in [5.41, 5.74) is 0.353. The number of Topliss-reactive ketones (excluding diaryl/α,β-unsaturated/α-hetero) is 1. The highest BCUT2D eigenvalue weighted by atomic mass is 32.2. The number of ether oxygens (including phenoxy) is 1. The molecular weight excluding hydrogens is 380 g/mol. The molecule has 1 N–H and O–H groups in total. The van der Waals surface area contributed by atoms with Gasteiger partial charge in [-0.05, 0) is 33.1 Å². The maximum atomic E-state index is 12.1. The maximum Gasteiger partial charge on any atom is 0.333 e. The molecule has 2 amide bonds. The number of likely N-dealkylation sites (tertiary alicyclic amines) is 1. The molecule has 0 aromatic rings. The molecule has 2 atom stereocenters. The van der Waals surface area contributed by atoms with Crippen LogP contribution in [-0.4, -0.2) is 65.7 Å². The van der Waals surface area contributed by atoms with E-state index in [9.17, 15) is 19.2 Å². The Morgan fingerprint density at radius 3 is 2.75 bits per heavy atom. The first-order valence-corrected chi connectivity index (χ1v) is 10.9. The first-order chi connectivity index (χ1) is 13.3. The summed E-state index contributed by atoms with van der Waals surface area (Å²) in [6.45, 7) is 8.01. The molecule has 1 aliphatic heterocycles. The van der Waals surface area contributed by atoms with Crippen LogP contribution in [0.15, 0.2) is 12.2 Å². The Balaban J connectivity index is 2.28. The zero-order valence-corrected chi connectivity index (χ0v) is 17.7. The van der Waals surface area contributed by atoms with Crippen molar-refractivity contribution in [1.29, 1.82) is 0 Å². The summed E-state index contributed by atoms with van der Waals surface area (Å²) in [6.07, 6.45) is 4.23. The van der Waals surface area contributed by atoms with Gasteiger partial charge in [-0.25, -0.2) is 4.79 Å². The highest BCUT2D eigenvalue weighted by Crippen LogP contribution is 2.21. The maximum absolute atomic E-state index is 12.1. The second-order valence-electron chi connectivity index (χ2n) is 7.15. The molecule has 0 spiro atoms. The Morgan fingerprint density at radius 2 is 2.14 bits per heavy atom. The third-order valence-electron chi connectivity index (χ3n) is 4.55. The fourth-order valence-corrected chi connectivity index (χ4v) is 4.15. The number of amides is 2. The number of hydrogen-bond donors (Lipinski definition) is 1. The van der Waals surface area contributed by atoms with Crippen LogP contribution < -0.4 is 5.32 Å². The van der Waals surface area contributed by atoms with Gasteiger partial charge in [0.25, 0.3) is 0 Å². The monoisotopic (exact) mass is 412 g/mol. The lowest BCUT2D eigenvalue weighted by Gasteiger charge is -2.29. The van der Waals surface area contributed by atoms with Gasteiger partial charge in [0.15, 0.2) is 0 Å². The number of carbonyl (C=O) groups is 4. The number of nitrogens with zero attached hydrogens (tertiary/aromatic N) is 1. The van der Waals surface area contributed by atoms with E-state index in [1.54, 1.807) is 18.7 Å². The summed E-state index contributed by atoms with van der Waals surface area (Å²) < 4.78 is 4.97. The summed E-state index contributed by atoms with van der Waals surface area (Å²) in [4.78, 5) is 47.8. The van der Waals surface area contributed by atoms with Crippen molar-refractivity contribution in [3.05, 3.63) is 12.2 Å². The molecule has 0 radical (unpaired) electrons. The van der Waals surface area contributed by atoms with Crippen molar-refractivity contribution >= 4 is 35.8 Å². The number of esters is 1. The summed E-state index contributed by atoms with van der Waals surface area (Å²) in [7, 11) is 0. The largest absolute Gasteiger partial charge is 0.462 e. The number of nitrogens with one attached hydrogen (secondary N) is 1. The molecule has 1 saturated heterocycles. The first kappa shape index (κ1) is 24.2. The Bertz CT molecular complexity index is 567. The number of rotatable bonds is 15. The second-order valence-corrected chi connectivity index (χ2v) is 8.30. The average Bonchev–Trinajstić information content (AvgIpc) is 3.07. The van der Waals surface area contributed by atoms with Crippen LogP contribution >= 0.6 is 11.8 Å². The van der Waals surface area contributed by atoms with Crippen molar-refractivity contribution in [3.63, 3.8) is 0 Å². The van der Waals surface area contributed by atoms with Crippen molar-refractivity contribution in [3.8, 4) is 0 Å². The Hall–Kier alpha value is -1.83. The molecular formula is C20H32N2O5S. The van der Waals surface area contributed by atoms with E-state index in [4.69, 9.17) is 4.74 Å². The summed E-state index contributed by atoms with van der Waals surface area (Å²) in [5, 5.41) is 2.74. The zero-order chi connectivity index (χ0) is 20.9. The van der Waals surface area contributed by atoms with Crippen LogP contribution in [0.2, 0.25) is 0 Å². The molecule has 1 aliphatic rings. The Kier molecular flexibility index (Phi) is 11.6. The fraction of sp³-hybridized carbons (Fsp3) is 0.700. The summed E-state index contributed by atoms with van der Waals surface area (Å²) in [6, 6.07) is 0.0687. The molecule has 0 aromatic heterocycles. The van der Waals surface area contributed by atoms with Gasteiger partial charge in [0.05, 0.1) is 6.61 Å². The zero-order valence-electron chi connectivity index (χ0n) is 16.9. The lowest BCUT2D eigenvalue weighted by molar-refractivity contribution is -0.139. The Labute approximate surface area is 171 Å². The van der Waals surface area contributed by atoms with Gasteiger partial charge in [-0.2, -0.15) is 11.8 Å². The standard InChI is InChI=1S/C20H32N2O5S/c1-15(2)20(26)27-10-5-6-18(24)8-11-28-13-17(12-16(3)21-14-23)22-9-4-7-19(22)25/h14,16-17H,1,4-13H2,2-3H3,(H,21,23). The molecule has 8 heteroatoms. The highest BCUT2D eigenvalue weighted by Gasteiger charge is 2.28. The lowest BCUT2D eigenvalue weighted by Crippen LogP contribution is -2.42. The molecule has 1 heterocycles. The van der Waals surface area contributed by atoms with Crippen molar-refractivity contribution in [2.24, 2.45) is 0 Å². The van der Waals surface area contributed by atoms with Crippen LogP contribution in [0, 0.1) is 0 Å². The van der Waals surface area contributed by atoms with E-state index in [0.29, 0.717) is 49.8 Å². The van der Waals surface area contributed by atoms with Gasteiger partial charge in [0, 0.05) is 55.0 Å². The second kappa shape index (κ2) is 13.4. The van der Waals surface area contributed by atoms with E-state index >= 15 is 0 Å². The van der Waals surface area contributed by atoms with Crippen LogP contribution in [0.5, 0.6) is 0 Å². The molecule has 0 saturated carbocycles. The van der Waals surface area contributed by atoms with Gasteiger partial charge < -0.3 is 15.0 Å². The van der Waals surface area contributed by atoms with Gasteiger partial charge in [-0.1, -0.05) is 6.58 Å². The van der Waals surface area contributed by atoms with Crippen LogP contribution in [0.3, 0.4) is 0 Å². The highest BCUT2D eigenvalue weighted by molar-refractivity contribution is 7.99. The van der Waals surface area contributed by atoms with E-state index < -0.39 is 5.97 Å². The van der Waals surface area contributed by atoms with E-state index in [1.807, 2.05) is 11.8 Å². The van der Waals surface area contributed by atoms with Crippen LogP contribution in [0.4, 0.5) is 0 Å². The van der Waals surface area contributed by atoms with Gasteiger partial charge in [-0.15, -0.1) is 0 Å². The molecule has 158 valence electrons. The summed E-state index contributed by atoms with van der Waals surface area (Å²) >= 11 is 1.66. The molecule has 0 bridgehead atoms. The van der Waals surface area contributed by atoms with Crippen LogP contribution in [-0.2, 0) is 23.9 Å². The Morgan fingerprint density at radius 1 is 1.39 bits per heavy atom. The van der Waals surface area contributed by atoms with E-state index in [2.05, 4.69) is 11.9 Å². The lowest BCUT2D eigenvalue weighted by atomic mass is 10.1. The summed E-state index contributed by atoms with van der Waals surface area (Å²) in [5.74, 6) is 1.33. The minimum absolute atomic E-state index is 0.0000414. The average molecular weight is 413 g/mol. The minimum atomic E-state index is -0.427. The van der Waals surface area contributed by atoms with Gasteiger partial charge in [0.2, 0.25) is 12.3 Å².